The van der Waals surface area contributed by atoms with Gasteiger partial charge in [-0.3, -0.25) is 4.79 Å². The first-order valence-corrected chi connectivity index (χ1v) is 10.6. The van der Waals surface area contributed by atoms with Crippen molar-refractivity contribution >= 4 is 33.0 Å². The number of thiazole rings is 1. The van der Waals surface area contributed by atoms with E-state index in [-0.39, 0.29) is 16.6 Å². The van der Waals surface area contributed by atoms with E-state index in [1.165, 1.54) is 24.5 Å². The van der Waals surface area contributed by atoms with Crippen LogP contribution in [0.15, 0.2) is 28.5 Å². The number of hydrogen-bond acceptors (Lipinski definition) is 6. The highest BCUT2D eigenvalue weighted by molar-refractivity contribution is 7.89. The molecule has 1 aliphatic heterocycles. The molecule has 1 fully saturated rings. The molecule has 1 N–H and O–H groups in total. The van der Waals surface area contributed by atoms with Gasteiger partial charge in [-0.15, -0.1) is 11.3 Å². The minimum Gasteiger partial charge on any atom is -0.495 e. The van der Waals surface area contributed by atoms with Gasteiger partial charge >= 0.3 is 0 Å². The van der Waals surface area contributed by atoms with Crippen LogP contribution >= 0.6 is 11.3 Å². The van der Waals surface area contributed by atoms with E-state index in [2.05, 4.69) is 9.71 Å². The van der Waals surface area contributed by atoms with Crippen molar-refractivity contribution in [2.75, 3.05) is 18.6 Å². The average molecular weight is 396 g/mol. The van der Waals surface area contributed by atoms with Crippen LogP contribution in [0.2, 0.25) is 0 Å². The van der Waals surface area contributed by atoms with Crippen molar-refractivity contribution in [2.24, 2.45) is 0 Å². The van der Waals surface area contributed by atoms with E-state index in [1.807, 2.05) is 12.3 Å². The number of methoxy groups -OCH3 is 1. The lowest BCUT2D eigenvalue weighted by Gasteiger charge is -2.19. The fraction of sp³-hybridized carbons (Fsp3) is 0.412. The van der Waals surface area contributed by atoms with E-state index in [0.29, 0.717) is 24.3 Å². The molecule has 1 aromatic heterocycles. The number of ether oxygens (including phenoxy) is 1. The average Bonchev–Trinajstić information content (AvgIpc) is 3.22. The fourth-order valence-corrected chi connectivity index (χ4v) is 5.01. The van der Waals surface area contributed by atoms with Gasteiger partial charge in [0.25, 0.3) is 0 Å². The molecule has 1 unspecified atom stereocenters. The van der Waals surface area contributed by atoms with E-state index in [4.69, 9.17) is 4.74 Å². The van der Waals surface area contributed by atoms with Gasteiger partial charge in [0.1, 0.15) is 10.6 Å². The molecule has 0 spiro atoms. The highest BCUT2D eigenvalue weighted by atomic mass is 32.2. The number of sulfonamides is 1. The number of aryl methyl sites for hydroxylation is 1. The minimum absolute atomic E-state index is 0.00205. The Balaban J connectivity index is 1.93. The van der Waals surface area contributed by atoms with Gasteiger partial charge in [0.05, 0.1) is 23.9 Å². The summed E-state index contributed by atoms with van der Waals surface area (Å²) in [5.74, 6) is 0.229. The zero-order valence-electron chi connectivity index (χ0n) is 14.9. The smallest absolute Gasteiger partial charge is 0.244 e. The van der Waals surface area contributed by atoms with Crippen molar-refractivity contribution in [2.45, 2.75) is 37.6 Å². The summed E-state index contributed by atoms with van der Waals surface area (Å²) in [6, 6.07) is 4.29. The molecule has 0 aliphatic carbocycles. The second kappa shape index (κ2) is 7.34. The van der Waals surface area contributed by atoms with Crippen LogP contribution in [-0.2, 0) is 14.8 Å². The molecule has 0 radical (unpaired) electrons. The highest BCUT2D eigenvalue weighted by Crippen LogP contribution is 2.31. The van der Waals surface area contributed by atoms with Crippen LogP contribution < -0.4 is 14.4 Å². The van der Waals surface area contributed by atoms with Gasteiger partial charge in [0.2, 0.25) is 15.9 Å². The molecule has 0 bridgehead atoms. The lowest BCUT2D eigenvalue weighted by Crippen LogP contribution is -2.28. The molecule has 2 heterocycles. The number of carbonyl (C=O) groups is 1. The molecule has 1 amide bonds. The van der Waals surface area contributed by atoms with Crippen LogP contribution in [0.3, 0.4) is 0 Å². The number of rotatable bonds is 6. The number of aromatic nitrogens is 1. The maximum Gasteiger partial charge on any atom is 0.244 e. The van der Waals surface area contributed by atoms with Crippen LogP contribution in [0.5, 0.6) is 5.75 Å². The largest absolute Gasteiger partial charge is 0.495 e. The van der Waals surface area contributed by atoms with Crippen molar-refractivity contribution in [1.82, 2.24) is 9.71 Å². The van der Waals surface area contributed by atoms with Gasteiger partial charge < -0.3 is 9.64 Å². The monoisotopic (exact) mass is 395 g/mol. The van der Waals surface area contributed by atoms with Gasteiger partial charge in [-0.1, -0.05) is 0 Å². The molecule has 9 heteroatoms. The van der Waals surface area contributed by atoms with E-state index in [1.54, 1.807) is 24.0 Å². The molecule has 7 nitrogen and oxygen atoms in total. The number of anilines is 1. The zero-order valence-corrected chi connectivity index (χ0v) is 16.5. The molecule has 3 rings (SSSR count). The van der Waals surface area contributed by atoms with Gasteiger partial charge in [-0.25, -0.2) is 18.1 Å². The molecule has 1 atom stereocenters. The van der Waals surface area contributed by atoms with Crippen molar-refractivity contribution in [3.8, 4) is 5.75 Å². The van der Waals surface area contributed by atoms with E-state index >= 15 is 0 Å². The number of carbonyl (C=O) groups excluding carboxylic acids is 1. The van der Waals surface area contributed by atoms with E-state index in [0.717, 1.165) is 11.4 Å². The first-order chi connectivity index (χ1) is 12.3. The second-order valence-electron chi connectivity index (χ2n) is 6.12. The van der Waals surface area contributed by atoms with Crippen LogP contribution in [0.4, 0.5) is 5.69 Å². The number of nitrogens with one attached hydrogen (secondary N) is 1. The van der Waals surface area contributed by atoms with Crippen molar-refractivity contribution in [3.63, 3.8) is 0 Å². The molecule has 140 valence electrons. The van der Waals surface area contributed by atoms with Crippen LogP contribution in [0.25, 0.3) is 0 Å². The quantitative estimate of drug-likeness (QED) is 0.812. The normalized spacial score (nSPS) is 16.1. The van der Waals surface area contributed by atoms with Gasteiger partial charge in [-0.05, 0) is 38.5 Å². The van der Waals surface area contributed by atoms with Crippen molar-refractivity contribution in [3.05, 3.63) is 34.3 Å². The molecule has 0 saturated carbocycles. The minimum atomic E-state index is -3.86. The van der Waals surface area contributed by atoms with Gasteiger partial charge in [0.15, 0.2) is 0 Å². The number of benzene rings is 1. The summed E-state index contributed by atoms with van der Waals surface area (Å²) in [7, 11) is -2.44. The molecule has 26 heavy (non-hydrogen) atoms. The summed E-state index contributed by atoms with van der Waals surface area (Å²) in [5, 5.41) is 2.71. The van der Waals surface area contributed by atoms with Crippen molar-refractivity contribution in [1.29, 1.82) is 0 Å². The first-order valence-electron chi connectivity index (χ1n) is 8.24. The summed E-state index contributed by atoms with van der Waals surface area (Å²) in [4.78, 5) is 17.9. The Kier molecular flexibility index (Phi) is 5.31. The fourth-order valence-electron chi connectivity index (χ4n) is 2.90. The Hall–Kier alpha value is -1.97. The van der Waals surface area contributed by atoms with Crippen LogP contribution in [0.1, 0.15) is 36.5 Å². The second-order valence-corrected chi connectivity index (χ2v) is 8.86. The maximum absolute atomic E-state index is 12.9. The summed E-state index contributed by atoms with van der Waals surface area (Å²) in [6.07, 6.45) is 1.25. The molecule has 2 aromatic rings. The Morgan fingerprint density at radius 1 is 1.38 bits per heavy atom. The number of amides is 1. The van der Waals surface area contributed by atoms with Gasteiger partial charge in [0, 0.05) is 24.0 Å². The van der Waals surface area contributed by atoms with E-state index < -0.39 is 16.1 Å². The van der Waals surface area contributed by atoms with Crippen LogP contribution in [0, 0.1) is 6.92 Å². The topological polar surface area (TPSA) is 88.6 Å². The van der Waals surface area contributed by atoms with Gasteiger partial charge in [-0.2, -0.15) is 0 Å². The summed E-state index contributed by atoms with van der Waals surface area (Å²) < 4.78 is 33.7. The molecular weight excluding hydrogens is 374 g/mol. The summed E-state index contributed by atoms with van der Waals surface area (Å²) >= 11 is 1.47. The predicted octanol–water partition coefficient (Wildman–Crippen LogP) is 2.63. The zero-order chi connectivity index (χ0) is 18.9. The highest BCUT2D eigenvalue weighted by Gasteiger charge is 2.27. The van der Waals surface area contributed by atoms with E-state index in [9.17, 15) is 13.2 Å². The Morgan fingerprint density at radius 2 is 2.15 bits per heavy atom. The third kappa shape index (κ3) is 3.74. The molecule has 1 aromatic carbocycles. The lowest BCUT2D eigenvalue weighted by molar-refractivity contribution is -0.117. The third-order valence-electron chi connectivity index (χ3n) is 4.23. The standard InChI is InChI=1S/C17H21N3O4S2/c1-11(14-10-25-12(2)18-14)19-26(22,23)16-9-13(6-7-15(16)24-3)20-8-4-5-17(20)21/h6-7,9-11,19H,4-5,8H2,1-3H3. The van der Waals surface area contributed by atoms with Crippen LogP contribution in [-0.4, -0.2) is 33.0 Å². The first kappa shape index (κ1) is 18.8. The molecular formula is C17H21N3O4S2. The number of hydrogen-bond donors (Lipinski definition) is 1. The summed E-state index contributed by atoms with van der Waals surface area (Å²) in [6.45, 7) is 4.20. The third-order valence-corrected chi connectivity index (χ3v) is 6.59. The molecule has 1 saturated heterocycles. The number of nitrogens with zero attached hydrogens (tertiary/aromatic N) is 2. The predicted molar refractivity (Wildman–Crippen MR) is 100 cm³/mol. The Labute approximate surface area is 157 Å². The van der Waals surface area contributed by atoms with Crippen molar-refractivity contribution < 1.29 is 17.9 Å². The SMILES string of the molecule is COc1ccc(N2CCCC2=O)cc1S(=O)(=O)NC(C)c1csc(C)n1. The Morgan fingerprint density at radius 3 is 2.73 bits per heavy atom. The lowest BCUT2D eigenvalue weighted by atomic mass is 10.3. The summed E-state index contributed by atoms with van der Waals surface area (Å²) in [5.41, 5.74) is 1.23. The Bertz CT molecular complexity index is 924. The molecule has 1 aliphatic rings. The maximum atomic E-state index is 12.9.